The van der Waals surface area contributed by atoms with Gasteiger partial charge in [0.05, 0.1) is 5.75 Å². The molecule has 0 aromatic heterocycles. The van der Waals surface area contributed by atoms with Crippen LogP contribution in [0.25, 0.3) is 0 Å². The quantitative estimate of drug-likeness (QED) is 0.787. The fourth-order valence-corrected chi connectivity index (χ4v) is 2.32. The van der Waals surface area contributed by atoms with Crippen molar-refractivity contribution in [2.75, 3.05) is 12.3 Å². The van der Waals surface area contributed by atoms with Crippen molar-refractivity contribution in [3.05, 3.63) is 29.8 Å². The molecule has 0 aliphatic rings. The van der Waals surface area contributed by atoms with Crippen LogP contribution in [-0.2, 0) is 11.3 Å². The highest BCUT2D eigenvalue weighted by atomic mass is 32.2. The lowest BCUT2D eigenvalue weighted by atomic mass is 10.1. The Hall–Kier alpha value is -1.00. The minimum Gasteiger partial charge on any atom is -0.356 e. The second-order valence-corrected chi connectivity index (χ2v) is 6.54. The van der Waals surface area contributed by atoms with Crippen LogP contribution in [0, 0.1) is 0 Å². The first-order valence-corrected chi connectivity index (χ1v) is 7.63. The highest BCUT2D eigenvalue weighted by Crippen LogP contribution is 2.19. The first-order chi connectivity index (χ1) is 8.90. The molecule has 0 bridgehead atoms. The van der Waals surface area contributed by atoms with Gasteiger partial charge in [0, 0.05) is 23.5 Å². The maximum absolute atomic E-state index is 11.4. The average molecular weight is 280 g/mol. The summed E-state index contributed by atoms with van der Waals surface area (Å²) in [6, 6.07) is 8.34. The van der Waals surface area contributed by atoms with Crippen LogP contribution < -0.4 is 10.6 Å². The minimum atomic E-state index is 0.0886. The number of nitrogens with one attached hydrogen (secondary N) is 2. The van der Waals surface area contributed by atoms with Crippen molar-refractivity contribution < 1.29 is 4.79 Å². The van der Waals surface area contributed by atoms with Crippen molar-refractivity contribution in [2.45, 2.75) is 44.7 Å². The van der Waals surface area contributed by atoms with Gasteiger partial charge in [0.25, 0.3) is 0 Å². The topological polar surface area (TPSA) is 41.1 Å². The third-order valence-corrected chi connectivity index (χ3v) is 3.46. The van der Waals surface area contributed by atoms with Crippen molar-refractivity contribution in [2.24, 2.45) is 0 Å². The number of carbonyl (C=O) groups excluding carboxylic acids is 1. The average Bonchev–Trinajstić information content (AvgIpc) is 2.34. The summed E-state index contributed by atoms with van der Waals surface area (Å²) in [5.41, 5.74) is 1.36. The predicted molar refractivity (Wildman–Crippen MR) is 82.4 cm³/mol. The van der Waals surface area contributed by atoms with Crippen LogP contribution in [0.4, 0.5) is 0 Å². The van der Waals surface area contributed by atoms with Gasteiger partial charge in [-0.3, -0.25) is 4.79 Å². The molecule has 1 aromatic rings. The smallest absolute Gasteiger partial charge is 0.230 e. The summed E-state index contributed by atoms with van der Waals surface area (Å²) in [5.74, 6) is 0.565. The number of amides is 1. The van der Waals surface area contributed by atoms with Crippen LogP contribution in [0.15, 0.2) is 29.2 Å². The molecule has 1 aromatic carbocycles. The zero-order valence-corrected chi connectivity index (χ0v) is 13.1. The first-order valence-electron chi connectivity index (χ1n) is 6.64. The van der Waals surface area contributed by atoms with Gasteiger partial charge in [0.1, 0.15) is 0 Å². The van der Waals surface area contributed by atoms with E-state index in [0.29, 0.717) is 12.3 Å². The Kier molecular flexibility index (Phi) is 6.38. The Morgan fingerprint density at radius 3 is 2.68 bits per heavy atom. The summed E-state index contributed by atoms with van der Waals surface area (Å²) in [6.45, 7) is 9.93. The number of hydrogen-bond donors (Lipinski definition) is 2. The van der Waals surface area contributed by atoms with E-state index in [1.165, 1.54) is 5.56 Å². The SMILES string of the molecule is CCNC(=O)CSc1cccc(CNC(C)(C)C)c1. The molecule has 1 rings (SSSR count). The summed E-state index contributed by atoms with van der Waals surface area (Å²) in [5, 5.41) is 6.27. The van der Waals surface area contributed by atoms with Crippen LogP contribution in [0.3, 0.4) is 0 Å². The molecule has 0 atom stereocenters. The van der Waals surface area contributed by atoms with E-state index in [9.17, 15) is 4.79 Å². The lowest BCUT2D eigenvalue weighted by Crippen LogP contribution is -2.35. The molecule has 0 aliphatic heterocycles. The maximum atomic E-state index is 11.4. The van der Waals surface area contributed by atoms with Crippen LogP contribution in [-0.4, -0.2) is 23.7 Å². The van der Waals surface area contributed by atoms with E-state index < -0.39 is 0 Å². The highest BCUT2D eigenvalue weighted by molar-refractivity contribution is 8.00. The van der Waals surface area contributed by atoms with Gasteiger partial charge < -0.3 is 10.6 Å². The molecule has 1 amide bonds. The van der Waals surface area contributed by atoms with Crippen molar-refractivity contribution in [3.8, 4) is 0 Å². The summed E-state index contributed by atoms with van der Waals surface area (Å²) in [4.78, 5) is 12.6. The minimum absolute atomic E-state index is 0.0886. The Morgan fingerprint density at radius 1 is 1.32 bits per heavy atom. The van der Waals surface area contributed by atoms with Gasteiger partial charge in [-0.15, -0.1) is 11.8 Å². The number of hydrogen-bond acceptors (Lipinski definition) is 3. The van der Waals surface area contributed by atoms with Crippen LogP contribution >= 0.6 is 11.8 Å². The van der Waals surface area contributed by atoms with Crippen molar-refractivity contribution in [3.63, 3.8) is 0 Å². The van der Waals surface area contributed by atoms with Gasteiger partial charge in [-0.2, -0.15) is 0 Å². The summed E-state index contributed by atoms with van der Waals surface area (Å²) in [7, 11) is 0. The molecule has 0 spiro atoms. The van der Waals surface area contributed by atoms with Crippen molar-refractivity contribution in [1.29, 1.82) is 0 Å². The summed E-state index contributed by atoms with van der Waals surface area (Å²) >= 11 is 1.58. The van der Waals surface area contributed by atoms with E-state index in [1.807, 2.05) is 19.1 Å². The van der Waals surface area contributed by atoms with Gasteiger partial charge >= 0.3 is 0 Å². The van der Waals surface area contributed by atoms with E-state index in [4.69, 9.17) is 0 Å². The van der Waals surface area contributed by atoms with Crippen LogP contribution in [0.2, 0.25) is 0 Å². The molecule has 0 heterocycles. The molecule has 4 heteroatoms. The molecule has 0 radical (unpaired) electrons. The van der Waals surface area contributed by atoms with E-state index in [0.717, 1.165) is 11.4 Å². The molecule has 0 aliphatic carbocycles. The molecule has 106 valence electrons. The number of carbonyl (C=O) groups is 1. The third-order valence-electron chi connectivity index (χ3n) is 2.47. The monoisotopic (exact) mass is 280 g/mol. The standard InChI is InChI=1S/C15H24N2OS/c1-5-16-14(18)11-19-13-8-6-7-12(9-13)10-17-15(2,3)4/h6-9,17H,5,10-11H2,1-4H3,(H,16,18). The van der Waals surface area contributed by atoms with E-state index in [-0.39, 0.29) is 11.4 Å². The highest BCUT2D eigenvalue weighted by Gasteiger charge is 2.08. The molecular weight excluding hydrogens is 256 g/mol. The van der Waals surface area contributed by atoms with E-state index in [2.05, 4.69) is 43.5 Å². The lowest BCUT2D eigenvalue weighted by Gasteiger charge is -2.20. The van der Waals surface area contributed by atoms with E-state index in [1.54, 1.807) is 11.8 Å². The second-order valence-electron chi connectivity index (χ2n) is 5.49. The van der Waals surface area contributed by atoms with Crippen LogP contribution in [0.1, 0.15) is 33.3 Å². The Morgan fingerprint density at radius 2 is 2.05 bits per heavy atom. The Balaban J connectivity index is 2.50. The van der Waals surface area contributed by atoms with Crippen LogP contribution in [0.5, 0.6) is 0 Å². The second kappa shape index (κ2) is 7.56. The number of thioether (sulfide) groups is 1. The molecule has 3 nitrogen and oxygen atoms in total. The fraction of sp³-hybridized carbons (Fsp3) is 0.533. The number of benzene rings is 1. The molecule has 0 unspecified atom stereocenters. The molecule has 0 fully saturated rings. The van der Waals surface area contributed by atoms with Crippen molar-refractivity contribution in [1.82, 2.24) is 10.6 Å². The fourth-order valence-electron chi connectivity index (χ4n) is 1.51. The van der Waals surface area contributed by atoms with Gasteiger partial charge in [0.2, 0.25) is 5.91 Å². The first kappa shape index (κ1) is 16.1. The Bertz CT molecular complexity index is 413. The predicted octanol–water partition coefficient (Wildman–Crippen LogP) is 2.80. The number of rotatable bonds is 6. The van der Waals surface area contributed by atoms with Gasteiger partial charge in [-0.05, 0) is 45.4 Å². The van der Waals surface area contributed by atoms with E-state index >= 15 is 0 Å². The maximum Gasteiger partial charge on any atom is 0.230 e. The van der Waals surface area contributed by atoms with Gasteiger partial charge in [0.15, 0.2) is 0 Å². The lowest BCUT2D eigenvalue weighted by molar-refractivity contribution is -0.118. The summed E-state index contributed by atoms with van der Waals surface area (Å²) in [6.07, 6.45) is 0. The largest absolute Gasteiger partial charge is 0.356 e. The molecule has 19 heavy (non-hydrogen) atoms. The molecule has 0 saturated heterocycles. The molecule has 0 saturated carbocycles. The normalized spacial score (nSPS) is 11.4. The zero-order chi connectivity index (χ0) is 14.3. The summed E-state index contributed by atoms with van der Waals surface area (Å²) < 4.78 is 0. The zero-order valence-electron chi connectivity index (χ0n) is 12.2. The van der Waals surface area contributed by atoms with Gasteiger partial charge in [-0.25, -0.2) is 0 Å². The third kappa shape index (κ3) is 7.23. The Labute approximate surface area is 120 Å². The van der Waals surface area contributed by atoms with Gasteiger partial charge in [-0.1, -0.05) is 12.1 Å². The van der Waals surface area contributed by atoms with Crippen molar-refractivity contribution >= 4 is 17.7 Å². The molecule has 2 N–H and O–H groups in total. The molecular formula is C15H24N2OS.